The van der Waals surface area contributed by atoms with Crippen molar-refractivity contribution >= 4 is 5.97 Å². The summed E-state index contributed by atoms with van der Waals surface area (Å²) in [5, 5.41) is 21.0. The van der Waals surface area contributed by atoms with E-state index in [1.54, 1.807) is 6.92 Å². The lowest BCUT2D eigenvalue weighted by molar-refractivity contribution is -0.191. The summed E-state index contributed by atoms with van der Waals surface area (Å²) in [6.07, 6.45) is 4.46. The van der Waals surface area contributed by atoms with Crippen LogP contribution in [-0.4, -0.2) is 34.0 Å². The molecule has 1 unspecified atom stereocenters. The van der Waals surface area contributed by atoms with Gasteiger partial charge in [-0.2, -0.15) is 0 Å². The maximum atomic E-state index is 11.6. The first-order chi connectivity index (χ1) is 8.89. The highest BCUT2D eigenvalue weighted by atomic mass is 16.5. The van der Waals surface area contributed by atoms with Gasteiger partial charge in [-0.1, -0.05) is 40.5 Å². The molecule has 2 N–H and O–H groups in total. The summed E-state index contributed by atoms with van der Waals surface area (Å²) in [4.78, 5) is 11.6. The molecule has 0 aromatic carbocycles. The lowest BCUT2D eigenvalue weighted by Crippen LogP contribution is -2.56. The molecule has 4 heteroatoms. The Morgan fingerprint density at radius 3 is 1.89 bits per heavy atom. The molecule has 0 spiro atoms. The van der Waals surface area contributed by atoms with Crippen LogP contribution in [0, 0.1) is 0 Å². The van der Waals surface area contributed by atoms with E-state index in [4.69, 9.17) is 4.74 Å². The lowest BCUT2D eigenvalue weighted by atomic mass is 9.77. The Bertz CT molecular complexity index is 261. The second-order valence-electron chi connectivity index (χ2n) is 5.24. The zero-order chi connectivity index (χ0) is 14.9. The Kier molecular flexibility index (Phi) is 8.26. The van der Waals surface area contributed by atoms with Gasteiger partial charge in [0.25, 0.3) is 0 Å². The molecule has 114 valence electrons. The maximum Gasteiger partial charge on any atom is 0.305 e. The minimum Gasteiger partial charge on any atom is -0.462 e. The van der Waals surface area contributed by atoms with Crippen LogP contribution in [0.25, 0.3) is 0 Å². The number of unbranched alkanes of at least 4 members (excludes halogenated alkanes) is 2. The van der Waals surface area contributed by atoms with Gasteiger partial charge in [0.2, 0.25) is 0 Å². The zero-order valence-corrected chi connectivity index (χ0v) is 12.9. The highest BCUT2D eigenvalue weighted by Crippen LogP contribution is 2.32. The third kappa shape index (κ3) is 5.11. The average molecular weight is 274 g/mol. The molecule has 1 atom stereocenters. The van der Waals surface area contributed by atoms with E-state index in [-0.39, 0.29) is 12.6 Å². The number of rotatable bonds is 10. The molecule has 0 saturated heterocycles. The van der Waals surface area contributed by atoms with Gasteiger partial charge in [0.05, 0.1) is 5.60 Å². The quantitative estimate of drug-likeness (QED) is 0.475. The Morgan fingerprint density at radius 2 is 1.47 bits per heavy atom. The fourth-order valence-electron chi connectivity index (χ4n) is 2.26. The molecule has 0 aliphatic carbocycles. The topological polar surface area (TPSA) is 66.8 Å². The van der Waals surface area contributed by atoms with E-state index < -0.39 is 11.2 Å². The van der Waals surface area contributed by atoms with Crippen LogP contribution in [0.1, 0.15) is 72.6 Å². The molecule has 19 heavy (non-hydrogen) atoms. The van der Waals surface area contributed by atoms with Crippen molar-refractivity contribution in [1.29, 1.82) is 0 Å². The second-order valence-corrected chi connectivity index (χ2v) is 5.24. The summed E-state index contributed by atoms with van der Waals surface area (Å²) in [5.41, 5.74) is -2.57. The second kappa shape index (κ2) is 8.54. The van der Waals surface area contributed by atoms with Crippen molar-refractivity contribution in [2.45, 2.75) is 83.8 Å². The van der Waals surface area contributed by atoms with Crippen LogP contribution < -0.4 is 0 Å². The average Bonchev–Trinajstić information content (AvgIpc) is 2.43. The number of carbonyl (C=O) groups excluding carboxylic acids is 1. The van der Waals surface area contributed by atoms with Crippen molar-refractivity contribution in [1.82, 2.24) is 0 Å². The Labute approximate surface area is 117 Å². The molecule has 0 aliphatic rings. The van der Waals surface area contributed by atoms with E-state index in [9.17, 15) is 15.0 Å². The molecule has 0 radical (unpaired) electrons. The smallest absolute Gasteiger partial charge is 0.305 e. The van der Waals surface area contributed by atoms with Crippen molar-refractivity contribution in [3.05, 3.63) is 0 Å². The van der Waals surface area contributed by atoms with Crippen molar-refractivity contribution < 1.29 is 19.7 Å². The van der Waals surface area contributed by atoms with Gasteiger partial charge in [-0.3, -0.25) is 4.79 Å². The molecular weight excluding hydrogens is 244 g/mol. The van der Waals surface area contributed by atoms with Gasteiger partial charge in [0.15, 0.2) is 0 Å². The fraction of sp³-hybridized carbons (Fsp3) is 0.933. The van der Waals surface area contributed by atoms with Gasteiger partial charge in [-0.25, -0.2) is 0 Å². The van der Waals surface area contributed by atoms with Crippen molar-refractivity contribution in [2.24, 2.45) is 0 Å². The highest BCUT2D eigenvalue weighted by Gasteiger charge is 2.46. The van der Waals surface area contributed by atoms with E-state index in [0.717, 1.165) is 19.3 Å². The Hall–Kier alpha value is -0.610. The summed E-state index contributed by atoms with van der Waals surface area (Å²) in [6, 6.07) is 0. The first kappa shape index (κ1) is 18.4. The molecule has 0 aromatic heterocycles. The molecule has 0 fully saturated rings. The van der Waals surface area contributed by atoms with Crippen LogP contribution >= 0.6 is 0 Å². The number of carbonyl (C=O) groups is 1. The zero-order valence-electron chi connectivity index (χ0n) is 12.9. The number of hydrogen-bond donors (Lipinski definition) is 2. The molecule has 0 aromatic rings. The maximum absolute atomic E-state index is 11.6. The van der Waals surface area contributed by atoms with Crippen LogP contribution in [0.5, 0.6) is 0 Å². The van der Waals surface area contributed by atoms with Crippen LogP contribution in [0.3, 0.4) is 0 Å². The molecule has 0 heterocycles. The van der Waals surface area contributed by atoms with Crippen molar-refractivity contribution in [2.75, 3.05) is 6.61 Å². The van der Waals surface area contributed by atoms with Crippen LogP contribution in [-0.2, 0) is 9.53 Å². The third-order valence-electron chi connectivity index (χ3n) is 4.08. The van der Waals surface area contributed by atoms with Crippen LogP contribution in [0.2, 0.25) is 0 Å². The number of aliphatic hydroxyl groups is 2. The van der Waals surface area contributed by atoms with E-state index >= 15 is 0 Å². The van der Waals surface area contributed by atoms with Gasteiger partial charge in [-0.05, 0) is 25.7 Å². The SMILES string of the molecule is CCCCCC(=O)OCC(O)(CC)C(O)(CC)CC. The van der Waals surface area contributed by atoms with E-state index in [2.05, 4.69) is 6.92 Å². The predicted octanol–water partition coefficient (Wildman–Crippen LogP) is 2.80. The summed E-state index contributed by atoms with van der Waals surface area (Å²) in [5.74, 6) is -0.296. The molecular formula is C15H30O4. The molecule has 4 nitrogen and oxygen atoms in total. The number of ether oxygens (including phenoxy) is 1. The fourth-order valence-corrected chi connectivity index (χ4v) is 2.26. The molecule has 0 aliphatic heterocycles. The van der Waals surface area contributed by atoms with E-state index in [0.29, 0.717) is 25.7 Å². The van der Waals surface area contributed by atoms with Gasteiger partial charge in [0.1, 0.15) is 12.2 Å². The molecule has 0 amide bonds. The summed E-state index contributed by atoms with van der Waals surface area (Å²) >= 11 is 0. The summed E-state index contributed by atoms with van der Waals surface area (Å²) < 4.78 is 5.15. The Balaban J connectivity index is 4.43. The molecule has 0 bridgehead atoms. The monoisotopic (exact) mass is 274 g/mol. The first-order valence-electron chi connectivity index (χ1n) is 7.49. The van der Waals surface area contributed by atoms with E-state index in [1.807, 2.05) is 13.8 Å². The summed E-state index contributed by atoms with van der Waals surface area (Å²) in [6.45, 7) is 7.39. The standard InChI is InChI=1S/C15H30O4/c1-5-9-10-11-13(16)19-12-15(18,8-4)14(17,6-2)7-3/h17-18H,5-12H2,1-4H3. The van der Waals surface area contributed by atoms with Crippen LogP contribution in [0.4, 0.5) is 0 Å². The predicted molar refractivity (Wildman–Crippen MR) is 75.9 cm³/mol. The molecule has 0 rings (SSSR count). The minimum absolute atomic E-state index is 0.132. The minimum atomic E-state index is -1.36. The lowest BCUT2D eigenvalue weighted by Gasteiger charge is -2.41. The number of hydrogen-bond acceptors (Lipinski definition) is 4. The highest BCUT2D eigenvalue weighted by molar-refractivity contribution is 5.69. The Morgan fingerprint density at radius 1 is 0.947 bits per heavy atom. The van der Waals surface area contributed by atoms with Crippen LogP contribution in [0.15, 0.2) is 0 Å². The third-order valence-corrected chi connectivity index (χ3v) is 4.08. The van der Waals surface area contributed by atoms with Gasteiger partial charge >= 0.3 is 5.97 Å². The first-order valence-corrected chi connectivity index (χ1v) is 7.49. The normalized spacial score (nSPS) is 15.1. The van der Waals surface area contributed by atoms with Crippen molar-refractivity contribution in [3.8, 4) is 0 Å². The largest absolute Gasteiger partial charge is 0.462 e. The molecule has 0 saturated carbocycles. The van der Waals surface area contributed by atoms with Gasteiger partial charge < -0.3 is 14.9 Å². The summed E-state index contributed by atoms with van der Waals surface area (Å²) in [7, 11) is 0. The van der Waals surface area contributed by atoms with E-state index in [1.165, 1.54) is 0 Å². The van der Waals surface area contributed by atoms with Crippen molar-refractivity contribution in [3.63, 3.8) is 0 Å². The van der Waals surface area contributed by atoms with Gasteiger partial charge in [0, 0.05) is 6.42 Å². The number of esters is 1. The van der Waals surface area contributed by atoms with Gasteiger partial charge in [-0.15, -0.1) is 0 Å².